The molecule has 6 heteroatoms. The molecule has 0 aromatic carbocycles. The van der Waals surface area contributed by atoms with E-state index in [1.807, 2.05) is 0 Å². The lowest BCUT2D eigenvalue weighted by Crippen LogP contribution is -2.27. The number of hydrogen-bond donors (Lipinski definition) is 3. The van der Waals surface area contributed by atoms with Gasteiger partial charge in [-0.25, -0.2) is 4.98 Å². The number of fused-ring (bicyclic) bond motifs is 1. The molecule has 0 aliphatic carbocycles. The van der Waals surface area contributed by atoms with Crippen LogP contribution in [-0.4, -0.2) is 32.5 Å². The van der Waals surface area contributed by atoms with Crippen molar-refractivity contribution in [1.29, 1.82) is 0 Å². The van der Waals surface area contributed by atoms with Crippen molar-refractivity contribution < 1.29 is 0 Å². The first-order valence-corrected chi connectivity index (χ1v) is 5.16. The SMILES string of the molecule is CNc1nc(NC(C)(C)C)c2[nH]cnc2n1. The first-order valence-electron chi connectivity index (χ1n) is 5.16. The maximum absolute atomic E-state index is 4.37. The molecule has 2 rings (SSSR count). The summed E-state index contributed by atoms with van der Waals surface area (Å²) in [6.45, 7) is 6.24. The molecular formula is C10H16N6. The highest BCUT2D eigenvalue weighted by atomic mass is 15.2. The molecule has 0 atom stereocenters. The summed E-state index contributed by atoms with van der Waals surface area (Å²) in [6.07, 6.45) is 1.62. The molecule has 0 radical (unpaired) electrons. The molecule has 16 heavy (non-hydrogen) atoms. The number of imidazole rings is 1. The van der Waals surface area contributed by atoms with Crippen LogP contribution in [0.1, 0.15) is 20.8 Å². The minimum Gasteiger partial charge on any atom is -0.364 e. The maximum atomic E-state index is 4.37. The van der Waals surface area contributed by atoms with Gasteiger partial charge in [0, 0.05) is 12.6 Å². The van der Waals surface area contributed by atoms with Crippen LogP contribution in [0, 0.1) is 0 Å². The molecule has 0 saturated heterocycles. The smallest absolute Gasteiger partial charge is 0.226 e. The maximum Gasteiger partial charge on any atom is 0.226 e. The molecule has 0 amide bonds. The summed E-state index contributed by atoms with van der Waals surface area (Å²) in [5.74, 6) is 1.32. The fourth-order valence-electron chi connectivity index (χ4n) is 1.39. The number of rotatable bonds is 2. The summed E-state index contributed by atoms with van der Waals surface area (Å²) in [5.41, 5.74) is 1.43. The lowest BCUT2D eigenvalue weighted by molar-refractivity contribution is 0.631. The Bertz CT molecular complexity index is 495. The number of hydrogen-bond acceptors (Lipinski definition) is 5. The molecule has 3 N–H and O–H groups in total. The molecule has 0 saturated carbocycles. The predicted molar refractivity (Wildman–Crippen MR) is 64.6 cm³/mol. The Labute approximate surface area is 93.9 Å². The average molecular weight is 220 g/mol. The van der Waals surface area contributed by atoms with Crippen LogP contribution in [0.25, 0.3) is 11.2 Å². The summed E-state index contributed by atoms with van der Waals surface area (Å²) >= 11 is 0. The van der Waals surface area contributed by atoms with Crippen LogP contribution < -0.4 is 10.6 Å². The first-order chi connectivity index (χ1) is 7.49. The number of aromatic nitrogens is 4. The van der Waals surface area contributed by atoms with Gasteiger partial charge in [-0.1, -0.05) is 0 Å². The van der Waals surface area contributed by atoms with E-state index >= 15 is 0 Å². The fourth-order valence-corrected chi connectivity index (χ4v) is 1.39. The van der Waals surface area contributed by atoms with E-state index in [1.165, 1.54) is 0 Å². The van der Waals surface area contributed by atoms with Crippen LogP contribution >= 0.6 is 0 Å². The van der Waals surface area contributed by atoms with Crippen LogP contribution in [0.3, 0.4) is 0 Å². The second-order valence-electron chi connectivity index (χ2n) is 4.62. The van der Waals surface area contributed by atoms with Gasteiger partial charge in [0.05, 0.1) is 6.33 Å². The van der Waals surface area contributed by atoms with E-state index in [2.05, 4.69) is 51.3 Å². The van der Waals surface area contributed by atoms with Crippen molar-refractivity contribution in [2.45, 2.75) is 26.3 Å². The van der Waals surface area contributed by atoms with Crippen molar-refractivity contribution >= 4 is 22.9 Å². The molecule has 0 bridgehead atoms. The third-order valence-corrected chi connectivity index (χ3v) is 2.00. The minimum atomic E-state index is -0.0581. The molecule has 0 aliphatic heterocycles. The van der Waals surface area contributed by atoms with Gasteiger partial charge in [-0.15, -0.1) is 0 Å². The zero-order valence-corrected chi connectivity index (χ0v) is 9.92. The number of nitrogens with zero attached hydrogens (tertiary/aromatic N) is 3. The van der Waals surface area contributed by atoms with Gasteiger partial charge in [-0.05, 0) is 20.8 Å². The standard InChI is InChI=1S/C10H16N6/c1-10(2,3)16-8-6-7(13-5-12-6)14-9(11-4)15-8/h5H,1-4H3,(H3,11,12,13,14,15,16). The molecule has 86 valence electrons. The highest BCUT2D eigenvalue weighted by molar-refractivity contribution is 5.83. The number of nitrogens with one attached hydrogen (secondary N) is 3. The largest absolute Gasteiger partial charge is 0.364 e. The summed E-state index contributed by atoms with van der Waals surface area (Å²) in [6, 6.07) is 0. The average Bonchev–Trinajstić information content (AvgIpc) is 2.63. The number of H-pyrrole nitrogens is 1. The molecule has 0 spiro atoms. The quantitative estimate of drug-likeness (QED) is 0.716. The Balaban J connectivity index is 2.52. The van der Waals surface area contributed by atoms with Crippen LogP contribution in [0.2, 0.25) is 0 Å². The summed E-state index contributed by atoms with van der Waals surface area (Å²) < 4.78 is 0. The van der Waals surface area contributed by atoms with Crippen molar-refractivity contribution in [3.63, 3.8) is 0 Å². The monoisotopic (exact) mass is 220 g/mol. The van der Waals surface area contributed by atoms with Crippen molar-refractivity contribution in [3.05, 3.63) is 6.33 Å². The highest BCUT2D eigenvalue weighted by Crippen LogP contribution is 2.21. The summed E-state index contributed by atoms with van der Waals surface area (Å²) in [7, 11) is 1.79. The second-order valence-corrected chi connectivity index (χ2v) is 4.62. The van der Waals surface area contributed by atoms with Crippen molar-refractivity contribution in [3.8, 4) is 0 Å². The summed E-state index contributed by atoms with van der Waals surface area (Å²) in [5, 5.41) is 6.24. The topological polar surface area (TPSA) is 78.5 Å². The van der Waals surface area contributed by atoms with E-state index in [9.17, 15) is 0 Å². The zero-order chi connectivity index (χ0) is 11.8. The Kier molecular flexibility index (Phi) is 2.41. The normalized spacial score (nSPS) is 11.8. The molecule has 0 aliphatic rings. The van der Waals surface area contributed by atoms with Crippen molar-refractivity contribution in [2.24, 2.45) is 0 Å². The molecule has 0 fully saturated rings. The minimum absolute atomic E-state index is 0.0581. The van der Waals surface area contributed by atoms with Gasteiger partial charge < -0.3 is 15.6 Å². The van der Waals surface area contributed by atoms with Gasteiger partial charge in [0.25, 0.3) is 0 Å². The van der Waals surface area contributed by atoms with E-state index in [-0.39, 0.29) is 5.54 Å². The molecule has 2 aromatic heterocycles. The van der Waals surface area contributed by atoms with E-state index in [4.69, 9.17) is 0 Å². The second kappa shape index (κ2) is 3.62. The predicted octanol–water partition coefficient (Wildman–Crippen LogP) is 1.60. The highest BCUT2D eigenvalue weighted by Gasteiger charge is 2.15. The lowest BCUT2D eigenvalue weighted by atomic mass is 10.1. The van der Waals surface area contributed by atoms with Gasteiger partial charge in [-0.3, -0.25) is 0 Å². The van der Waals surface area contributed by atoms with E-state index in [0.717, 1.165) is 11.3 Å². The Morgan fingerprint density at radius 3 is 2.62 bits per heavy atom. The van der Waals surface area contributed by atoms with Gasteiger partial charge in [0.15, 0.2) is 11.5 Å². The molecule has 2 heterocycles. The fraction of sp³-hybridized carbons (Fsp3) is 0.500. The van der Waals surface area contributed by atoms with Gasteiger partial charge >= 0.3 is 0 Å². The van der Waals surface area contributed by atoms with Crippen molar-refractivity contribution in [1.82, 2.24) is 19.9 Å². The Morgan fingerprint density at radius 1 is 1.25 bits per heavy atom. The Morgan fingerprint density at radius 2 is 2.00 bits per heavy atom. The molecule has 0 unspecified atom stereocenters. The molecule has 6 nitrogen and oxygen atoms in total. The van der Waals surface area contributed by atoms with Gasteiger partial charge in [0.2, 0.25) is 5.95 Å². The van der Waals surface area contributed by atoms with Gasteiger partial charge in [-0.2, -0.15) is 9.97 Å². The van der Waals surface area contributed by atoms with Crippen LogP contribution in [0.5, 0.6) is 0 Å². The van der Waals surface area contributed by atoms with Gasteiger partial charge in [0.1, 0.15) is 5.52 Å². The zero-order valence-electron chi connectivity index (χ0n) is 9.92. The van der Waals surface area contributed by atoms with E-state index in [0.29, 0.717) is 11.6 Å². The van der Waals surface area contributed by atoms with E-state index < -0.39 is 0 Å². The third-order valence-electron chi connectivity index (χ3n) is 2.00. The van der Waals surface area contributed by atoms with Crippen LogP contribution in [0.15, 0.2) is 6.33 Å². The molecule has 2 aromatic rings. The molecular weight excluding hydrogens is 204 g/mol. The summed E-state index contributed by atoms with van der Waals surface area (Å²) in [4.78, 5) is 15.8. The van der Waals surface area contributed by atoms with Crippen LogP contribution in [-0.2, 0) is 0 Å². The van der Waals surface area contributed by atoms with Crippen LogP contribution in [0.4, 0.5) is 11.8 Å². The van der Waals surface area contributed by atoms with Crippen molar-refractivity contribution in [2.75, 3.05) is 17.7 Å². The first kappa shape index (κ1) is 10.7. The number of aromatic amines is 1. The number of anilines is 2. The Hall–Kier alpha value is -1.85. The van der Waals surface area contributed by atoms with E-state index in [1.54, 1.807) is 13.4 Å². The third kappa shape index (κ3) is 2.05. The lowest BCUT2D eigenvalue weighted by Gasteiger charge is -2.21.